The van der Waals surface area contributed by atoms with E-state index >= 15 is 0 Å². The third kappa shape index (κ3) is 5.04. The van der Waals surface area contributed by atoms with Gasteiger partial charge in [0, 0.05) is 29.4 Å². The lowest BCUT2D eigenvalue weighted by Crippen LogP contribution is -2.29. The van der Waals surface area contributed by atoms with Gasteiger partial charge < -0.3 is 15.3 Å². The summed E-state index contributed by atoms with van der Waals surface area (Å²) in [6.07, 6.45) is 3.75. The molecule has 1 aliphatic rings. The summed E-state index contributed by atoms with van der Waals surface area (Å²) < 4.78 is 0. The van der Waals surface area contributed by atoms with E-state index in [9.17, 15) is 14.7 Å². The zero-order valence-electron chi connectivity index (χ0n) is 15.4. The van der Waals surface area contributed by atoms with Gasteiger partial charge >= 0.3 is 5.97 Å². The highest BCUT2D eigenvalue weighted by Gasteiger charge is 2.18. The summed E-state index contributed by atoms with van der Waals surface area (Å²) >= 11 is 1.25. The van der Waals surface area contributed by atoms with Crippen LogP contribution in [0, 0.1) is 0 Å². The molecule has 0 spiro atoms. The maximum atomic E-state index is 12.5. The highest BCUT2D eigenvalue weighted by Crippen LogP contribution is 2.28. The first-order valence-corrected chi connectivity index (χ1v) is 10.1. The number of carboxylic acid groups (broad SMARTS) is 1. The lowest BCUT2D eigenvalue weighted by atomic mass is 10.1. The third-order valence-electron chi connectivity index (χ3n) is 4.65. The fraction of sp³-hybridized carbons (Fsp3) is 0.333. The number of carboxylic acids is 1. The molecule has 0 bridgehead atoms. The Labute approximate surface area is 163 Å². The summed E-state index contributed by atoms with van der Waals surface area (Å²) in [5.41, 5.74) is 2.15. The SMILES string of the molecule is CC(Sc1ccccc1C(=O)O)C(=O)Nc1ccc(N2CCCCC2)cc1. The van der Waals surface area contributed by atoms with E-state index < -0.39 is 11.2 Å². The number of carbonyl (C=O) groups is 2. The van der Waals surface area contributed by atoms with E-state index in [1.54, 1.807) is 31.2 Å². The molecule has 142 valence electrons. The maximum Gasteiger partial charge on any atom is 0.336 e. The molecule has 1 saturated heterocycles. The average Bonchev–Trinajstić information content (AvgIpc) is 2.69. The molecule has 1 amide bonds. The van der Waals surface area contributed by atoms with Crippen molar-refractivity contribution in [2.45, 2.75) is 36.3 Å². The summed E-state index contributed by atoms with van der Waals surface area (Å²) in [5, 5.41) is 11.8. The van der Waals surface area contributed by atoms with Crippen LogP contribution in [0.4, 0.5) is 11.4 Å². The van der Waals surface area contributed by atoms with Crippen molar-refractivity contribution in [3.8, 4) is 0 Å². The molecule has 1 atom stereocenters. The molecule has 27 heavy (non-hydrogen) atoms. The predicted molar refractivity (Wildman–Crippen MR) is 110 cm³/mol. The van der Waals surface area contributed by atoms with E-state index in [1.165, 1.54) is 36.7 Å². The molecule has 0 radical (unpaired) electrons. The quantitative estimate of drug-likeness (QED) is 0.718. The number of amides is 1. The minimum absolute atomic E-state index is 0.147. The Morgan fingerprint density at radius 3 is 2.37 bits per heavy atom. The zero-order valence-corrected chi connectivity index (χ0v) is 16.2. The van der Waals surface area contributed by atoms with Crippen LogP contribution in [0.25, 0.3) is 0 Å². The molecule has 2 aromatic rings. The molecule has 0 saturated carbocycles. The van der Waals surface area contributed by atoms with Crippen molar-refractivity contribution in [2.24, 2.45) is 0 Å². The fourth-order valence-corrected chi connectivity index (χ4v) is 4.13. The summed E-state index contributed by atoms with van der Waals surface area (Å²) in [6.45, 7) is 3.95. The van der Waals surface area contributed by atoms with Crippen LogP contribution < -0.4 is 10.2 Å². The Morgan fingerprint density at radius 1 is 1.04 bits per heavy atom. The number of carbonyl (C=O) groups excluding carboxylic acids is 1. The molecule has 6 heteroatoms. The topological polar surface area (TPSA) is 69.6 Å². The normalized spacial score (nSPS) is 15.2. The monoisotopic (exact) mass is 384 g/mol. The summed E-state index contributed by atoms with van der Waals surface area (Å²) in [4.78, 5) is 26.8. The van der Waals surface area contributed by atoms with Gasteiger partial charge in [-0.25, -0.2) is 4.79 Å². The first-order chi connectivity index (χ1) is 13.0. The Kier molecular flexibility index (Phi) is 6.40. The molecular formula is C21H24N2O3S. The van der Waals surface area contributed by atoms with E-state index in [0.717, 1.165) is 18.8 Å². The minimum atomic E-state index is -0.987. The number of aromatic carboxylic acids is 1. The molecule has 0 aromatic heterocycles. The number of piperidine rings is 1. The number of nitrogens with zero attached hydrogens (tertiary/aromatic N) is 1. The average molecular weight is 385 g/mol. The van der Waals surface area contributed by atoms with E-state index in [1.807, 2.05) is 24.3 Å². The summed E-state index contributed by atoms with van der Waals surface area (Å²) in [5.74, 6) is -1.13. The molecule has 1 unspecified atom stereocenters. The van der Waals surface area contributed by atoms with Gasteiger partial charge in [0.15, 0.2) is 0 Å². The van der Waals surface area contributed by atoms with Crippen molar-refractivity contribution in [2.75, 3.05) is 23.3 Å². The van der Waals surface area contributed by atoms with Crippen molar-refractivity contribution in [3.63, 3.8) is 0 Å². The molecule has 2 N–H and O–H groups in total. The van der Waals surface area contributed by atoms with Gasteiger partial charge in [-0.3, -0.25) is 4.79 Å². The smallest absolute Gasteiger partial charge is 0.336 e. The van der Waals surface area contributed by atoms with Crippen LogP contribution in [0.5, 0.6) is 0 Å². The number of nitrogens with one attached hydrogen (secondary N) is 1. The van der Waals surface area contributed by atoms with Gasteiger partial charge in [0.05, 0.1) is 10.8 Å². The van der Waals surface area contributed by atoms with Crippen molar-refractivity contribution in [1.82, 2.24) is 0 Å². The van der Waals surface area contributed by atoms with Crippen LogP contribution in [0.1, 0.15) is 36.5 Å². The van der Waals surface area contributed by atoms with Crippen molar-refractivity contribution in [1.29, 1.82) is 0 Å². The first kappa shape index (κ1) is 19.3. The number of benzene rings is 2. The third-order valence-corrected chi connectivity index (χ3v) is 5.82. The molecule has 3 rings (SSSR count). The fourth-order valence-electron chi connectivity index (χ4n) is 3.14. The van der Waals surface area contributed by atoms with E-state index in [0.29, 0.717) is 4.90 Å². The Bertz CT molecular complexity index is 801. The van der Waals surface area contributed by atoms with Gasteiger partial charge in [0.2, 0.25) is 5.91 Å². The van der Waals surface area contributed by atoms with Crippen molar-refractivity contribution in [3.05, 3.63) is 54.1 Å². The summed E-state index contributed by atoms with van der Waals surface area (Å²) in [7, 11) is 0. The van der Waals surface area contributed by atoms with Gasteiger partial charge in [-0.15, -0.1) is 11.8 Å². The number of rotatable bonds is 6. The molecular weight excluding hydrogens is 360 g/mol. The minimum Gasteiger partial charge on any atom is -0.478 e. The van der Waals surface area contributed by atoms with E-state index in [-0.39, 0.29) is 11.5 Å². The van der Waals surface area contributed by atoms with Crippen LogP contribution in [0.2, 0.25) is 0 Å². The molecule has 1 fully saturated rings. The Balaban J connectivity index is 1.60. The standard InChI is InChI=1S/C21H24N2O3S/c1-15(27-19-8-4-3-7-18(19)21(25)26)20(24)22-16-9-11-17(12-10-16)23-13-5-2-6-14-23/h3-4,7-12,15H,2,5-6,13-14H2,1H3,(H,22,24)(H,25,26). The van der Waals surface area contributed by atoms with Crippen LogP contribution in [0.15, 0.2) is 53.4 Å². The first-order valence-electron chi connectivity index (χ1n) is 9.19. The second-order valence-electron chi connectivity index (χ2n) is 6.65. The summed E-state index contributed by atoms with van der Waals surface area (Å²) in [6, 6.07) is 14.7. The lowest BCUT2D eigenvalue weighted by molar-refractivity contribution is -0.115. The molecule has 1 heterocycles. The van der Waals surface area contributed by atoms with Gasteiger partial charge in [-0.05, 0) is 62.6 Å². The van der Waals surface area contributed by atoms with Crippen molar-refractivity contribution >= 4 is 35.0 Å². The number of anilines is 2. The Morgan fingerprint density at radius 2 is 1.70 bits per heavy atom. The van der Waals surface area contributed by atoms with Crippen LogP contribution in [0.3, 0.4) is 0 Å². The zero-order chi connectivity index (χ0) is 19.2. The highest BCUT2D eigenvalue weighted by molar-refractivity contribution is 8.00. The van der Waals surface area contributed by atoms with Crippen LogP contribution in [-0.2, 0) is 4.79 Å². The van der Waals surface area contributed by atoms with Gasteiger partial charge in [0.25, 0.3) is 0 Å². The van der Waals surface area contributed by atoms with Gasteiger partial charge in [-0.2, -0.15) is 0 Å². The van der Waals surface area contributed by atoms with E-state index in [4.69, 9.17) is 0 Å². The number of hydrogen-bond donors (Lipinski definition) is 2. The molecule has 2 aromatic carbocycles. The Hall–Kier alpha value is -2.47. The highest BCUT2D eigenvalue weighted by atomic mass is 32.2. The van der Waals surface area contributed by atoms with Crippen LogP contribution in [-0.4, -0.2) is 35.3 Å². The molecule has 1 aliphatic heterocycles. The maximum absolute atomic E-state index is 12.5. The van der Waals surface area contributed by atoms with Crippen molar-refractivity contribution < 1.29 is 14.7 Å². The van der Waals surface area contributed by atoms with Crippen LogP contribution >= 0.6 is 11.8 Å². The second kappa shape index (κ2) is 8.95. The van der Waals surface area contributed by atoms with Gasteiger partial charge in [0.1, 0.15) is 0 Å². The van der Waals surface area contributed by atoms with E-state index in [2.05, 4.69) is 10.2 Å². The lowest BCUT2D eigenvalue weighted by Gasteiger charge is -2.28. The predicted octanol–water partition coefficient (Wildman–Crippen LogP) is 4.49. The molecule has 5 nitrogen and oxygen atoms in total. The largest absolute Gasteiger partial charge is 0.478 e. The number of thioether (sulfide) groups is 1. The number of hydrogen-bond acceptors (Lipinski definition) is 4. The molecule has 0 aliphatic carbocycles. The second-order valence-corrected chi connectivity index (χ2v) is 8.03. The van der Waals surface area contributed by atoms with Gasteiger partial charge in [-0.1, -0.05) is 12.1 Å².